The van der Waals surface area contributed by atoms with Crippen LogP contribution in [0.2, 0.25) is 0 Å². The molecule has 0 radical (unpaired) electrons. The van der Waals surface area contributed by atoms with E-state index in [1.807, 2.05) is 42.5 Å². The summed E-state index contributed by atoms with van der Waals surface area (Å²) in [5.41, 5.74) is 14.0. The molecule has 0 fully saturated rings. The molecular formula is C40H33N5O8. The molecule has 0 aromatic heterocycles. The summed E-state index contributed by atoms with van der Waals surface area (Å²) in [4.78, 5) is 61.6. The Kier molecular flexibility index (Phi) is 9.25. The van der Waals surface area contributed by atoms with Gasteiger partial charge >= 0.3 is 17.9 Å². The van der Waals surface area contributed by atoms with E-state index in [9.17, 15) is 39.3 Å². The second-order valence-electron chi connectivity index (χ2n) is 12.9. The number of carbonyl (C=O) groups is 5. The van der Waals surface area contributed by atoms with Crippen molar-refractivity contribution in [1.82, 2.24) is 0 Å². The molecule has 5 aromatic rings. The van der Waals surface area contributed by atoms with Crippen molar-refractivity contribution in [1.29, 1.82) is 5.41 Å². The van der Waals surface area contributed by atoms with Crippen molar-refractivity contribution >= 4 is 46.9 Å². The quantitative estimate of drug-likeness (QED) is 0.0625. The Labute approximate surface area is 302 Å². The van der Waals surface area contributed by atoms with Gasteiger partial charge in [0.15, 0.2) is 0 Å². The number of fused-ring (bicyclic) bond motifs is 1. The molecule has 53 heavy (non-hydrogen) atoms. The Hall–Kier alpha value is -7.28. The van der Waals surface area contributed by atoms with Crippen molar-refractivity contribution in [3.8, 4) is 11.1 Å². The number of carboxylic acids is 3. The van der Waals surface area contributed by atoms with Crippen molar-refractivity contribution in [2.75, 3.05) is 10.6 Å². The zero-order valence-electron chi connectivity index (χ0n) is 28.1. The van der Waals surface area contributed by atoms with E-state index in [2.05, 4.69) is 17.6 Å². The van der Waals surface area contributed by atoms with E-state index < -0.39 is 52.3 Å². The number of nitrogens with two attached hydrogens (primary N) is 2. The van der Waals surface area contributed by atoms with Crippen molar-refractivity contribution in [2.45, 2.75) is 24.8 Å². The molecule has 266 valence electrons. The SMILES string of the molecule is CC1(c2ccccc2)CC(c2cc(NC(=O)c3cc(C(=O)O)cc(C(=O)O)c3)cc(-c3ccc(C(N)=O)cc3C(=O)O)c2)Nc2ccc(C(=N)N)cc21. The third-order valence-corrected chi connectivity index (χ3v) is 9.43. The smallest absolute Gasteiger partial charge is 0.336 e. The molecule has 0 bridgehead atoms. The fourth-order valence-corrected chi connectivity index (χ4v) is 6.75. The Morgan fingerprint density at radius 1 is 0.736 bits per heavy atom. The van der Waals surface area contributed by atoms with E-state index in [1.54, 1.807) is 18.2 Å². The second-order valence-corrected chi connectivity index (χ2v) is 12.9. The van der Waals surface area contributed by atoms with Gasteiger partial charge in [0, 0.05) is 33.5 Å². The standard InChI is InChI=1S/C40H33N5O8/c1-40(27-5-3-2-4-6-27)19-33(45-32-10-8-20(34(41)42)18-31(32)40)23-11-22(29-9-7-21(35(43)46)17-30(29)39(52)53)15-28(16-23)44-36(47)24-12-25(37(48)49)14-26(13-24)38(50)51/h2-18,33,45H,19H2,1H3,(H3,41,42)(H2,43,46)(H,44,47)(H,48,49)(H,50,51)(H,52,53). The van der Waals surface area contributed by atoms with E-state index in [1.165, 1.54) is 24.3 Å². The summed E-state index contributed by atoms with van der Waals surface area (Å²) in [5, 5.41) is 43.7. The summed E-state index contributed by atoms with van der Waals surface area (Å²) in [6.07, 6.45) is 0.456. The highest BCUT2D eigenvalue weighted by molar-refractivity contribution is 6.08. The minimum Gasteiger partial charge on any atom is -0.478 e. The number of hydrogen-bond acceptors (Lipinski definition) is 7. The molecule has 6 rings (SSSR count). The molecule has 0 saturated heterocycles. The van der Waals surface area contributed by atoms with Gasteiger partial charge in [0.25, 0.3) is 5.91 Å². The average Bonchev–Trinajstić information content (AvgIpc) is 3.14. The molecule has 0 aliphatic carbocycles. The monoisotopic (exact) mass is 711 g/mol. The molecule has 0 spiro atoms. The van der Waals surface area contributed by atoms with Crippen LogP contribution in [-0.4, -0.2) is 50.9 Å². The average molecular weight is 712 g/mol. The van der Waals surface area contributed by atoms with E-state index in [0.717, 1.165) is 35.0 Å². The highest BCUT2D eigenvalue weighted by Crippen LogP contribution is 2.49. The number of amides is 2. The Bertz CT molecular complexity index is 2340. The molecule has 2 atom stereocenters. The van der Waals surface area contributed by atoms with Gasteiger partial charge in [0.05, 0.1) is 22.7 Å². The molecule has 10 N–H and O–H groups in total. The largest absolute Gasteiger partial charge is 0.478 e. The van der Waals surface area contributed by atoms with Crippen molar-refractivity contribution in [3.05, 3.63) is 153 Å². The summed E-state index contributed by atoms with van der Waals surface area (Å²) in [7, 11) is 0. The molecule has 2 unspecified atom stereocenters. The zero-order valence-corrected chi connectivity index (χ0v) is 28.1. The van der Waals surface area contributed by atoms with Gasteiger partial charge in [-0.05, 0) is 101 Å². The van der Waals surface area contributed by atoms with Crippen LogP contribution >= 0.6 is 0 Å². The van der Waals surface area contributed by atoms with Gasteiger partial charge < -0.3 is 37.4 Å². The highest BCUT2D eigenvalue weighted by atomic mass is 16.4. The number of nitrogens with one attached hydrogen (secondary N) is 3. The van der Waals surface area contributed by atoms with Crippen LogP contribution < -0.4 is 22.1 Å². The van der Waals surface area contributed by atoms with Gasteiger partial charge in [-0.2, -0.15) is 0 Å². The van der Waals surface area contributed by atoms with Crippen molar-refractivity contribution in [2.24, 2.45) is 11.5 Å². The first-order valence-corrected chi connectivity index (χ1v) is 16.2. The number of carboxylic acid groups (broad SMARTS) is 3. The maximum atomic E-state index is 13.6. The van der Waals surface area contributed by atoms with Gasteiger partial charge in [0.2, 0.25) is 5.91 Å². The summed E-state index contributed by atoms with van der Waals surface area (Å²) in [6, 6.07) is 26.8. The fraction of sp³-hybridized carbons (Fsp3) is 0.100. The normalized spacial score (nSPS) is 16.1. The predicted octanol–water partition coefficient (Wildman–Crippen LogP) is 5.95. The first-order valence-electron chi connectivity index (χ1n) is 16.2. The molecule has 5 aromatic carbocycles. The fourth-order valence-electron chi connectivity index (χ4n) is 6.75. The third-order valence-electron chi connectivity index (χ3n) is 9.43. The van der Waals surface area contributed by atoms with Crippen LogP contribution in [0.3, 0.4) is 0 Å². The first kappa shape index (κ1) is 35.5. The Morgan fingerprint density at radius 2 is 1.38 bits per heavy atom. The lowest BCUT2D eigenvalue weighted by molar-refractivity contribution is 0.0682. The summed E-state index contributed by atoms with van der Waals surface area (Å²) in [5.74, 6) is -5.88. The molecule has 1 aliphatic heterocycles. The molecular weight excluding hydrogens is 678 g/mol. The van der Waals surface area contributed by atoms with E-state index >= 15 is 0 Å². The Balaban J connectivity index is 1.52. The number of amidine groups is 1. The summed E-state index contributed by atoms with van der Waals surface area (Å²) < 4.78 is 0. The molecule has 2 amide bonds. The molecule has 13 nitrogen and oxygen atoms in total. The number of aromatic carboxylic acids is 3. The highest BCUT2D eigenvalue weighted by Gasteiger charge is 2.39. The minimum absolute atomic E-state index is 0.0162. The molecule has 0 saturated carbocycles. The maximum absolute atomic E-state index is 13.6. The lowest BCUT2D eigenvalue weighted by Gasteiger charge is -2.42. The lowest BCUT2D eigenvalue weighted by atomic mass is 9.68. The number of hydrogen-bond donors (Lipinski definition) is 8. The van der Waals surface area contributed by atoms with E-state index in [0.29, 0.717) is 23.1 Å². The van der Waals surface area contributed by atoms with E-state index in [4.69, 9.17) is 16.9 Å². The van der Waals surface area contributed by atoms with Crippen molar-refractivity contribution in [3.63, 3.8) is 0 Å². The first-order chi connectivity index (χ1) is 25.1. The van der Waals surface area contributed by atoms with Gasteiger partial charge in [-0.3, -0.25) is 15.0 Å². The summed E-state index contributed by atoms with van der Waals surface area (Å²) >= 11 is 0. The van der Waals surface area contributed by atoms with Gasteiger partial charge in [-0.25, -0.2) is 14.4 Å². The second kappa shape index (κ2) is 13.8. The van der Waals surface area contributed by atoms with Crippen LogP contribution in [0.25, 0.3) is 11.1 Å². The molecule has 1 heterocycles. The number of benzene rings is 5. The number of rotatable bonds is 10. The topological polar surface area (TPSA) is 246 Å². The van der Waals surface area contributed by atoms with Gasteiger partial charge in [-0.15, -0.1) is 0 Å². The lowest BCUT2D eigenvalue weighted by Crippen LogP contribution is -2.35. The minimum atomic E-state index is -1.42. The molecule has 1 aliphatic rings. The van der Waals surface area contributed by atoms with Crippen LogP contribution in [-0.2, 0) is 5.41 Å². The summed E-state index contributed by atoms with van der Waals surface area (Å²) in [6.45, 7) is 2.08. The van der Waals surface area contributed by atoms with Gasteiger partial charge in [0.1, 0.15) is 5.84 Å². The Morgan fingerprint density at radius 3 is 1.98 bits per heavy atom. The van der Waals surface area contributed by atoms with E-state index in [-0.39, 0.29) is 33.8 Å². The van der Waals surface area contributed by atoms with Crippen LogP contribution in [0.4, 0.5) is 11.4 Å². The number of primary amides is 1. The number of carbonyl (C=O) groups excluding carboxylic acids is 2. The van der Waals surface area contributed by atoms with Crippen LogP contribution in [0, 0.1) is 5.41 Å². The zero-order chi connectivity index (χ0) is 38.2. The predicted molar refractivity (Wildman–Crippen MR) is 197 cm³/mol. The van der Waals surface area contributed by atoms with Crippen LogP contribution in [0.15, 0.2) is 103 Å². The number of nitrogen functional groups attached to an aromatic ring is 1. The maximum Gasteiger partial charge on any atom is 0.336 e. The van der Waals surface area contributed by atoms with Gasteiger partial charge in [-0.1, -0.05) is 43.3 Å². The van der Waals surface area contributed by atoms with Crippen molar-refractivity contribution < 1.29 is 39.3 Å². The van der Waals surface area contributed by atoms with Crippen LogP contribution in [0.1, 0.15) is 93.4 Å². The van der Waals surface area contributed by atoms with Crippen LogP contribution in [0.5, 0.6) is 0 Å². The number of anilines is 2. The third kappa shape index (κ3) is 7.03. The molecule has 13 heteroatoms.